The smallest absolute Gasteiger partial charge is 0.326 e. The third-order valence-corrected chi connectivity index (χ3v) is 3.54. The molecule has 0 fully saturated rings. The van der Waals surface area contributed by atoms with E-state index in [0.717, 1.165) is 11.1 Å². The van der Waals surface area contributed by atoms with E-state index in [0.29, 0.717) is 5.56 Å². The summed E-state index contributed by atoms with van der Waals surface area (Å²) in [6.07, 6.45) is -1.24. The number of aryl methyl sites for hydroxylation is 1. The molecule has 3 N–H and O–H groups in total. The van der Waals surface area contributed by atoms with E-state index in [1.165, 1.54) is 0 Å². The average Bonchev–Trinajstić information content (AvgIpc) is 2.56. The average molecular weight is 313 g/mol. The lowest BCUT2D eigenvalue weighted by Gasteiger charge is -2.17. The molecule has 0 aliphatic rings. The van der Waals surface area contributed by atoms with Crippen LogP contribution in [-0.4, -0.2) is 28.1 Å². The minimum absolute atomic E-state index is 0.156. The number of aliphatic hydroxyl groups is 1. The maximum Gasteiger partial charge on any atom is 0.326 e. The second-order valence-corrected chi connectivity index (χ2v) is 5.40. The maximum absolute atomic E-state index is 12.1. The topological polar surface area (TPSA) is 86.6 Å². The summed E-state index contributed by atoms with van der Waals surface area (Å²) in [5.41, 5.74) is 2.30. The van der Waals surface area contributed by atoms with E-state index in [2.05, 4.69) is 5.32 Å². The van der Waals surface area contributed by atoms with Gasteiger partial charge in [0.2, 0.25) is 0 Å². The van der Waals surface area contributed by atoms with Crippen molar-refractivity contribution in [2.75, 3.05) is 0 Å². The number of rotatable bonds is 6. The summed E-state index contributed by atoms with van der Waals surface area (Å²) in [7, 11) is 0. The fourth-order valence-electron chi connectivity index (χ4n) is 2.20. The maximum atomic E-state index is 12.1. The van der Waals surface area contributed by atoms with Gasteiger partial charge in [-0.05, 0) is 18.1 Å². The standard InChI is InChI=1S/C18H19NO4/c1-12-7-9-13(10-8-12)11-15(18(22)23)19-17(21)16(20)14-5-3-2-4-6-14/h2-10,15-16,20H,11H2,1H3,(H,19,21)(H,22,23)/t15-,16+/m1/s1. The van der Waals surface area contributed by atoms with Crippen molar-refractivity contribution < 1.29 is 19.8 Å². The van der Waals surface area contributed by atoms with E-state index in [-0.39, 0.29) is 6.42 Å². The predicted octanol–water partition coefficient (Wildman–Crippen LogP) is 1.84. The van der Waals surface area contributed by atoms with E-state index in [1.54, 1.807) is 30.3 Å². The van der Waals surface area contributed by atoms with Crippen molar-refractivity contribution in [2.24, 2.45) is 0 Å². The summed E-state index contributed by atoms with van der Waals surface area (Å²) in [4.78, 5) is 23.4. The molecule has 5 nitrogen and oxygen atoms in total. The quantitative estimate of drug-likeness (QED) is 0.759. The van der Waals surface area contributed by atoms with Crippen molar-refractivity contribution >= 4 is 11.9 Å². The molecule has 2 aromatic carbocycles. The van der Waals surface area contributed by atoms with Crippen molar-refractivity contribution in [3.63, 3.8) is 0 Å². The van der Waals surface area contributed by atoms with E-state index in [1.807, 2.05) is 31.2 Å². The number of carbonyl (C=O) groups excluding carboxylic acids is 1. The number of carbonyl (C=O) groups is 2. The number of aliphatic hydroxyl groups excluding tert-OH is 1. The zero-order valence-electron chi connectivity index (χ0n) is 12.8. The lowest BCUT2D eigenvalue weighted by Crippen LogP contribution is -2.44. The van der Waals surface area contributed by atoms with Gasteiger partial charge in [-0.15, -0.1) is 0 Å². The van der Waals surface area contributed by atoms with Gasteiger partial charge in [-0.3, -0.25) is 4.79 Å². The molecule has 120 valence electrons. The van der Waals surface area contributed by atoms with Gasteiger partial charge in [0.25, 0.3) is 5.91 Å². The highest BCUT2D eigenvalue weighted by molar-refractivity contribution is 5.87. The van der Waals surface area contributed by atoms with Crippen molar-refractivity contribution in [2.45, 2.75) is 25.5 Å². The van der Waals surface area contributed by atoms with Crippen LogP contribution >= 0.6 is 0 Å². The Kier molecular flexibility index (Phi) is 5.49. The molecule has 1 amide bonds. The number of benzene rings is 2. The fourth-order valence-corrected chi connectivity index (χ4v) is 2.20. The number of carboxylic acid groups (broad SMARTS) is 1. The van der Waals surface area contributed by atoms with E-state index < -0.39 is 24.0 Å². The van der Waals surface area contributed by atoms with Crippen LogP contribution in [0.3, 0.4) is 0 Å². The molecule has 0 aromatic heterocycles. The summed E-state index contributed by atoms with van der Waals surface area (Å²) in [5.74, 6) is -1.87. The SMILES string of the molecule is Cc1ccc(C[C@@H](NC(=O)[C@@H](O)c2ccccc2)C(=O)O)cc1. The number of hydrogen-bond acceptors (Lipinski definition) is 3. The summed E-state index contributed by atoms with van der Waals surface area (Å²) in [6, 6.07) is 14.7. The molecule has 2 atom stereocenters. The van der Waals surface area contributed by atoms with Gasteiger partial charge in [0.15, 0.2) is 6.10 Å². The van der Waals surface area contributed by atoms with Gasteiger partial charge in [-0.1, -0.05) is 60.2 Å². The minimum atomic E-state index is -1.39. The third-order valence-electron chi connectivity index (χ3n) is 3.54. The lowest BCUT2D eigenvalue weighted by molar-refractivity contribution is -0.143. The Labute approximate surface area is 134 Å². The summed E-state index contributed by atoms with van der Waals surface area (Å²) < 4.78 is 0. The normalized spacial score (nSPS) is 13.1. The monoisotopic (exact) mass is 313 g/mol. The number of hydrogen-bond donors (Lipinski definition) is 3. The second kappa shape index (κ2) is 7.56. The first-order valence-electron chi connectivity index (χ1n) is 7.29. The Morgan fingerprint density at radius 1 is 1.04 bits per heavy atom. The van der Waals surface area contributed by atoms with Gasteiger partial charge >= 0.3 is 5.97 Å². The highest BCUT2D eigenvalue weighted by atomic mass is 16.4. The van der Waals surface area contributed by atoms with Gasteiger partial charge in [0.05, 0.1) is 0 Å². The number of aliphatic carboxylic acids is 1. The van der Waals surface area contributed by atoms with Gasteiger partial charge in [0, 0.05) is 6.42 Å². The molecule has 0 bridgehead atoms. The van der Waals surface area contributed by atoms with Crippen LogP contribution in [0.5, 0.6) is 0 Å². The Morgan fingerprint density at radius 3 is 2.22 bits per heavy atom. The highest BCUT2D eigenvalue weighted by Gasteiger charge is 2.25. The molecule has 0 radical (unpaired) electrons. The Bertz CT molecular complexity index is 667. The van der Waals surface area contributed by atoms with Gasteiger partial charge < -0.3 is 15.5 Å². The minimum Gasteiger partial charge on any atom is -0.480 e. The van der Waals surface area contributed by atoms with Crippen molar-refractivity contribution in [1.29, 1.82) is 0 Å². The van der Waals surface area contributed by atoms with Crippen LogP contribution in [0.15, 0.2) is 54.6 Å². The second-order valence-electron chi connectivity index (χ2n) is 5.40. The van der Waals surface area contributed by atoms with Gasteiger partial charge in [-0.25, -0.2) is 4.79 Å². The Morgan fingerprint density at radius 2 is 1.65 bits per heavy atom. The fraction of sp³-hybridized carbons (Fsp3) is 0.222. The van der Waals surface area contributed by atoms with Crippen LogP contribution in [0.25, 0.3) is 0 Å². The van der Waals surface area contributed by atoms with Crippen LogP contribution in [0.1, 0.15) is 22.8 Å². The van der Waals surface area contributed by atoms with Crippen molar-refractivity contribution in [3.05, 3.63) is 71.3 Å². The number of amides is 1. The van der Waals surface area contributed by atoms with E-state index in [4.69, 9.17) is 0 Å². The molecular formula is C18H19NO4. The molecule has 0 spiro atoms. The zero-order chi connectivity index (χ0) is 16.8. The molecule has 23 heavy (non-hydrogen) atoms. The van der Waals surface area contributed by atoms with Crippen molar-refractivity contribution in [1.82, 2.24) is 5.32 Å². The summed E-state index contributed by atoms with van der Waals surface area (Å²) >= 11 is 0. The van der Waals surface area contributed by atoms with Gasteiger partial charge in [-0.2, -0.15) is 0 Å². The van der Waals surface area contributed by atoms with Crippen LogP contribution < -0.4 is 5.32 Å². The Balaban J connectivity index is 2.05. The first kappa shape index (κ1) is 16.7. The Hall–Kier alpha value is -2.66. The highest BCUT2D eigenvalue weighted by Crippen LogP contribution is 2.13. The first-order chi connectivity index (χ1) is 11.0. The number of nitrogens with one attached hydrogen (secondary N) is 1. The van der Waals surface area contributed by atoms with Crippen molar-refractivity contribution in [3.8, 4) is 0 Å². The molecule has 0 saturated heterocycles. The third kappa shape index (κ3) is 4.66. The summed E-state index contributed by atoms with van der Waals surface area (Å²) in [5, 5.41) is 21.7. The molecule has 5 heteroatoms. The lowest BCUT2D eigenvalue weighted by atomic mass is 10.0. The van der Waals surface area contributed by atoms with E-state index in [9.17, 15) is 19.8 Å². The zero-order valence-corrected chi connectivity index (χ0v) is 12.8. The first-order valence-corrected chi connectivity index (χ1v) is 7.29. The number of carboxylic acids is 1. The molecular weight excluding hydrogens is 294 g/mol. The van der Waals surface area contributed by atoms with Crippen LogP contribution in [-0.2, 0) is 16.0 Å². The van der Waals surface area contributed by atoms with Crippen LogP contribution in [0, 0.1) is 6.92 Å². The molecule has 0 saturated carbocycles. The molecule has 2 aromatic rings. The van der Waals surface area contributed by atoms with E-state index >= 15 is 0 Å². The largest absolute Gasteiger partial charge is 0.480 e. The summed E-state index contributed by atoms with van der Waals surface area (Å²) in [6.45, 7) is 1.94. The van der Waals surface area contributed by atoms with Crippen LogP contribution in [0.2, 0.25) is 0 Å². The predicted molar refractivity (Wildman–Crippen MR) is 85.9 cm³/mol. The van der Waals surface area contributed by atoms with Crippen LogP contribution in [0.4, 0.5) is 0 Å². The molecule has 2 rings (SSSR count). The molecule has 0 aliphatic heterocycles. The molecule has 0 aliphatic carbocycles. The molecule has 0 unspecified atom stereocenters. The molecule has 0 heterocycles. The van der Waals surface area contributed by atoms with Gasteiger partial charge in [0.1, 0.15) is 6.04 Å².